The van der Waals surface area contributed by atoms with Crippen LogP contribution in [0.15, 0.2) is 43.0 Å². The summed E-state index contributed by atoms with van der Waals surface area (Å²) in [6.45, 7) is 3.77. The number of piperidine rings is 1. The fourth-order valence-electron chi connectivity index (χ4n) is 3.59. The van der Waals surface area contributed by atoms with E-state index >= 15 is 0 Å². The predicted molar refractivity (Wildman–Crippen MR) is 95.8 cm³/mol. The van der Waals surface area contributed by atoms with Gasteiger partial charge in [0, 0.05) is 60.4 Å². The molecule has 0 radical (unpaired) electrons. The minimum absolute atomic E-state index is 0.104. The fraction of sp³-hybridized carbons (Fsp3) is 0.333. The first kappa shape index (κ1) is 15.6. The van der Waals surface area contributed by atoms with Crippen molar-refractivity contribution in [2.45, 2.75) is 25.8 Å². The number of pyridine rings is 1. The molecule has 0 bridgehead atoms. The summed E-state index contributed by atoms with van der Waals surface area (Å²) in [7, 11) is 0. The van der Waals surface area contributed by atoms with Crippen LogP contribution in [-0.4, -0.2) is 32.5 Å². The van der Waals surface area contributed by atoms with E-state index in [9.17, 15) is 10.1 Å². The zero-order valence-corrected chi connectivity index (χ0v) is 14.0. The van der Waals surface area contributed by atoms with Crippen molar-refractivity contribution in [2.75, 3.05) is 18.0 Å². The highest BCUT2D eigenvalue weighted by atomic mass is 16.6. The topological polar surface area (TPSA) is 77.1 Å². The van der Waals surface area contributed by atoms with Crippen LogP contribution in [0.5, 0.6) is 0 Å². The summed E-state index contributed by atoms with van der Waals surface area (Å²) in [5.74, 6) is 0. The molecule has 4 rings (SSSR count). The Morgan fingerprint density at radius 2 is 2.04 bits per heavy atom. The van der Waals surface area contributed by atoms with Crippen molar-refractivity contribution in [3.8, 4) is 0 Å². The van der Waals surface area contributed by atoms with Crippen LogP contribution < -0.4 is 4.90 Å². The first-order valence-electron chi connectivity index (χ1n) is 8.40. The van der Waals surface area contributed by atoms with Gasteiger partial charge in [-0.25, -0.2) is 4.98 Å². The normalized spacial score (nSPS) is 15.6. The highest BCUT2D eigenvalue weighted by molar-refractivity contribution is 5.93. The van der Waals surface area contributed by atoms with Gasteiger partial charge < -0.3 is 9.47 Å². The molecule has 7 nitrogen and oxygen atoms in total. The van der Waals surface area contributed by atoms with Crippen molar-refractivity contribution in [2.24, 2.45) is 0 Å². The van der Waals surface area contributed by atoms with Crippen LogP contribution in [-0.2, 0) is 0 Å². The molecular weight excluding hydrogens is 318 g/mol. The van der Waals surface area contributed by atoms with E-state index in [-0.39, 0.29) is 10.6 Å². The van der Waals surface area contributed by atoms with Gasteiger partial charge in [-0.15, -0.1) is 0 Å². The Kier molecular flexibility index (Phi) is 3.83. The van der Waals surface area contributed by atoms with E-state index in [0.717, 1.165) is 48.2 Å². The van der Waals surface area contributed by atoms with Gasteiger partial charge in [0.15, 0.2) is 0 Å². The summed E-state index contributed by atoms with van der Waals surface area (Å²) in [6, 6.07) is 7.39. The van der Waals surface area contributed by atoms with Crippen LogP contribution in [0.3, 0.4) is 0 Å². The molecule has 1 fully saturated rings. The van der Waals surface area contributed by atoms with Gasteiger partial charge in [-0.3, -0.25) is 15.1 Å². The molecule has 1 aromatic carbocycles. The Bertz CT molecular complexity index is 915. The van der Waals surface area contributed by atoms with E-state index in [1.807, 2.05) is 31.7 Å². The summed E-state index contributed by atoms with van der Waals surface area (Å²) in [6.07, 6.45) is 7.74. The van der Waals surface area contributed by atoms with E-state index < -0.39 is 0 Å². The third-order valence-electron chi connectivity index (χ3n) is 4.86. The van der Waals surface area contributed by atoms with Gasteiger partial charge in [0.25, 0.3) is 5.69 Å². The van der Waals surface area contributed by atoms with Gasteiger partial charge >= 0.3 is 0 Å². The van der Waals surface area contributed by atoms with Crippen LogP contribution in [0.1, 0.15) is 24.6 Å². The number of non-ortho nitro benzene ring substituents is 1. The van der Waals surface area contributed by atoms with Crippen LogP contribution in [0.25, 0.3) is 10.9 Å². The average Bonchev–Trinajstić information content (AvgIpc) is 3.15. The second kappa shape index (κ2) is 6.16. The Hall–Kier alpha value is -2.96. The van der Waals surface area contributed by atoms with Gasteiger partial charge in [0.1, 0.15) is 0 Å². The minimum atomic E-state index is -0.353. The van der Waals surface area contributed by atoms with E-state index in [2.05, 4.69) is 19.4 Å². The number of nitro groups is 1. The highest BCUT2D eigenvalue weighted by Crippen LogP contribution is 2.33. The van der Waals surface area contributed by atoms with E-state index in [1.165, 1.54) is 6.07 Å². The molecule has 3 heterocycles. The zero-order valence-electron chi connectivity index (χ0n) is 14.0. The number of nitro benzene ring substituents is 1. The van der Waals surface area contributed by atoms with Gasteiger partial charge in [-0.1, -0.05) is 0 Å². The van der Waals surface area contributed by atoms with Crippen molar-refractivity contribution in [1.82, 2.24) is 14.5 Å². The van der Waals surface area contributed by atoms with Gasteiger partial charge in [-0.05, 0) is 31.9 Å². The molecule has 0 saturated carbocycles. The lowest BCUT2D eigenvalue weighted by Crippen LogP contribution is -2.34. The third-order valence-corrected chi connectivity index (χ3v) is 4.86. The molecule has 3 aromatic rings. The SMILES string of the molecule is Cc1cc(N2CCC(n3ccnc3)CC2)c2cc([N+](=O)[O-])ccc2n1. The minimum Gasteiger partial charge on any atom is -0.371 e. The number of nitrogens with zero attached hydrogens (tertiary/aromatic N) is 5. The van der Waals surface area contributed by atoms with Crippen molar-refractivity contribution < 1.29 is 4.92 Å². The molecule has 0 N–H and O–H groups in total. The summed E-state index contributed by atoms with van der Waals surface area (Å²) in [5.41, 5.74) is 2.87. The molecule has 1 aliphatic heterocycles. The lowest BCUT2D eigenvalue weighted by Gasteiger charge is -2.34. The fourth-order valence-corrected chi connectivity index (χ4v) is 3.59. The predicted octanol–water partition coefficient (Wildman–Crippen LogP) is 3.49. The van der Waals surface area contributed by atoms with E-state index in [0.29, 0.717) is 6.04 Å². The van der Waals surface area contributed by atoms with Gasteiger partial charge in [0.2, 0.25) is 0 Å². The smallest absolute Gasteiger partial charge is 0.270 e. The van der Waals surface area contributed by atoms with Crippen molar-refractivity contribution in [1.29, 1.82) is 0 Å². The maximum atomic E-state index is 11.1. The van der Waals surface area contributed by atoms with Crippen LogP contribution in [0.4, 0.5) is 11.4 Å². The largest absolute Gasteiger partial charge is 0.371 e. The van der Waals surface area contributed by atoms with Crippen molar-refractivity contribution in [3.63, 3.8) is 0 Å². The quantitative estimate of drug-likeness (QED) is 0.540. The summed E-state index contributed by atoms with van der Waals surface area (Å²) in [4.78, 5) is 21.8. The van der Waals surface area contributed by atoms with Crippen molar-refractivity contribution in [3.05, 3.63) is 58.8 Å². The number of hydrogen-bond donors (Lipinski definition) is 0. The molecule has 1 aliphatic rings. The van der Waals surface area contributed by atoms with Gasteiger partial charge in [-0.2, -0.15) is 0 Å². The number of hydrogen-bond acceptors (Lipinski definition) is 5. The number of aromatic nitrogens is 3. The van der Waals surface area contributed by atoms with Crippen LogP contribution in [0, 0.1) is 17.0 Å². The van der Waals surface area contributed by atoms with E-state index in [1.54, 1.807) is 12.1 Å². The highest BCUT2D eigenvalue weighted by Gasteiger charge is 2.22. The number of anilines is 1. The lowest BCUT2D eigenvalue weighted by molar-refractivity contribution is -0.384. The molecule has 0 unspecified atom stereocenters. The molecule has 1 saturated heterocycles. The summed E-state index contributed by atoms with van der Waals surface area (Å²) >= 11 is 0. The second-order valence-corrected chi connectivity index (χ2v) is 6.47. The number of rotatable bonds is 3. The molecular formula is C18H19N5O2. The summed E-state index contributed by atoms with van der Waals surface area (Å²) < 4.78 is 2.16. The summed E-state index contributed by atoms with van der Waals surface area (Å²) in [5, 5.41) is 12.0. The van der Waals surface area contributed by atoms with Crippen molar-refractivity contribution >= 4 is 22.3 Å². The Balaban J connectivity index is 1.66. The number of aryl methyl sites for hydroxylation is 1. The molecule has 7 heteroatoms. The molecule has 0 spiro atoms. The number of imidazole rings is 1. The number of benzene rings is 1. The molecule has 25 heavy (non-hydrogen) atoms. The molecule has 0 amide bonds. The Morgan fingerprint density at radius 3 is 2.72 bits per heavy atom. The lowest BCUT2D eigenvalue weighted by atomic mass is 10.0. The first-order chi connectivity index (χ1) is 12.1. The third kappa shape index (κ3) is 2.93. The molecule has 2 aromatic heterocycles. The molecule has 0 aliphatic carbocycles. The monoisotopic (exact) mass is 337 g/mol. The second-order valence-electron chi connectivity index (χ2n) is 6.47. The average molecular weight is 337 g/mol. The zero-order chi connectivity index (χ0) is 17.4. The standard InChI is InChI=1S/C18H19N5O2/c1-13-10-18(16-11-15(23(24)25)2-3-17(16)20-13)21-7-4-14(5-8-21)22-9-6-19-12-22/h2-3,6,9-12,14H,4-5,7-8H2,1H3. The van der Waals surface area contributed by atoms with Gasteiger partial charge in [0.05, 0.1) is 16.8 Å². The molecule has 128 valence electrons. The van der Waals surface area contributed by atoms with Crippen LogP contribution >= 0.6 is 0 Å². The Labute approximate surface area is 145 Å². The maximum Gasteiger partial charge on any atom is 0.270 e. The maximum absolute atomic E-state index is 11.1. The van der Waals surface area contributed by atoms with E-state index in [4.69, 9.17) is 0 Å². The molecule has 0 atom stereocenters. The Morgan fingerprint density at radius 1 is 1.24 bits per heavy atom. The number of fused-ring (bicyclic) bond motifs is 1. The first-order valence-corrected chi connectivity index (χ1v) is 8.40. The van der Waals surface area contributed by atoms with Crippen LogP contribution in [0.2, 0.25) is 0 Å².